The number of quaternary nitrogens is 1. The van der Waals surface area contributed by atoms with Gasteiger partial charge in [-0.3, -0.25) is 14.2 Å². The molecule has 34 heavy (non-hydrogen) atoms. The summed E-state index contributed by atoms with van der Waals surface area (Å²) >= 11 is 2.99. The number of Topliss-reactive ketones (excluding diaryl/α,β-unsaturated/α-hetero) is 1. The molecule has 0 saturated carbocycles. The highest BCUT2D eigenvalue weighted by Crippen LogP contribution is 2.32. The Kier molecular flexibility index (Phi) is 6.68. The number of carbonyl (C=O) groups excluding carboxylic acids is 1. The molecule has 1 atom stereocenters. The van der Waals surface area contributed by atoms with E-state index in [-0.39, 0.29) is 17.1 Å². The highest BCUT2D eigenvalue weighted by molar-refractivity contribution is 7.99. The summed E-state index contributed by atoms with van der Waals surface area (Å²) in [5.74, 6) is 0.257. The first-order valence-corrected chi connectivity index (χ1v) is 13.5. The van der Waals surface area contributed by atoms with Crippen LogP contribution in [-0.2, 0) is 13.0 Å². The zero-order valence-corrected chi connectivity index (χ0v) is 21.1. The van der Waals surface area contributed by atoms with Crippen LogP contribution in [0.1, 0.15) is 39.7 Å². The lowest BCUT2D eigenvalue weighted by atomic mass is 10.1. The van der Waals surface area contributed by atoms with Gasteiger partial charge in [-0.25, -0.2) is 4.98 Å². The van der Waals surface area contributed by atoms with Crippen LogP contribution < -0.4 is 10.5 Å². The molecule has 0 spiro atoms. The van der Waals surface area contributed by atoms with Crippen LogP contribution in [0.2, 0.25) is 0 Å². The third kappa shape index (κ3) is 4.48. The minimum Gasteiger partial charge on any atom is -0.330 e. The smallest absolute Gasteiger partial charge is 0.267 e. The zero-order valence-electron chi connectivity index (χ0n) is 19.5. The van der Waals surface area contributed by atoms with Gasteiger partial charge in [-0.05, 0) is 31.0 Å². The van der Waals surface area contributed by atoms with Crippen LogP contribution in [0.25, 0.3) is 15.9 Å². The van der Waals surface area contributed by atoms with E-state index < -0.39 is 0 Å². The molecule has 1 aliphatic heterocycles. The van der Waals surface area contributed by atoms with Crippen molar-refractivity contribution in [2.45, 2.75) is 38.4 Å². The van der Waals surface area contributed by atoms with Crippen molar-refractivity contribution < 1.29 is 9.69 Å². The Morgan fingerprint density at radius 2 is 1.91 bits per heavy atom. The summed E-state index contributed by atoms with van der Waals surface area (Å²) in [4.78, 5) is 35.3. The van der Waals surface area contributed by atoms with E-state index >= 15 is 0 Å². The Balaban J connectivity index is 1.58. The van der Waals surface area contributed by atoms with Gasteiger partial charge in [-0.1, -0.05) is 66.7 Å². The van der Waals surface area contributed by atoms with Crippen molar-refractivity contribution in [3.8, 4) is 5.69 Å². The zero-order chi connectivity index (χ0) is 23.7. The van der Waals surface area contributed by atoms with Crippen LogP contribution in [0, 0.1) is 6.92 Å². The summed E-state index contributed by atoms with van der Waals surface area (Å²) < 4.78 is 1.70. The molecule has 2 aromatic carbocycles. The number of thioether (sulfide) groups is 1. The van der Waals surface area contributed by atoms with Crippen LogP contribution >= 0.6 is 23.1 Å². The van der Waals surface area contributed by atoms with Gasteiger partial charge < -0.3 is 4.90 Å². The molecular weight excluding hydrogens is 462 g/mol. The molecule has 5 nitrogen and oxygen atoms in total. The van der Waals surface area contributed by atoms with Gasteiger partial charge in [0.05, 0.1) is 34.8 Å². The van der Waals surface area contributed by atoms with Crippen molar-refractivity contribution in [2.24, 2.45) is 0 Å². The monoisotopic (exact) mass is 490 g/mol. The predicted molar refractivity (Wildman–Crippen MR) is 140 cm³/mol. The van der Waals surface area contributed by atoms with Gasteiger partial charge in [0, 0.05) is 12.0 Å². The van der Waals surface area contributed by atoms with Crippen molar-refractivity contribution in [2.75, 3.05) is 18.8 Å². The molecule has 4 aromatic rings. The molecule has 3 heterocycles. The van der Waals surface area contributed by atoms with Crippen LogP contribution in [0.5, 0.6) is 0 Å². The minimum absolute atomic E-state index is 0.0275. The molecule has 0 fully saturated rings. The van der Waals surface area contributed by atoms with Crippen molar-refractivity contribution in [3.05, 3.63) is 86.5 Å². The lowest BCUT2D eigenvalue weighted by molar-refractivity contribution is -0.915. The maximum atomic E-state index is 13.9. The summed E-state index contributed by atoms with van der Waals surface area (Å²) in [6, 6.07) is 17.2. The second kappa shape index (κ2) is 9.86. The fourth-order valence-electron chi connectivity index (χ4n) is 4.58. The Bertz CT molecular complexity index is 1390. The molecule has 0 bridgehead atoms. The number of ketones is 1. The van der Waals surface area contributed by atoms with Gasteiger partial charge in [-0.2, -0.15) is 0 Å². The lowest BCUT2D eigenvalue weighted by Gasteiger charge is -2.23. The molecule has 1 N–H and O–H groups in total. The molecule has 5 rings (SSSR count). The Hall–Kier alpha value is -2.74. The van der Waals surface area contributed by atoms with Gasteiger partial charge >= 0.3 is 0 Å². The number of aromatic nitrogens is 2. The summed E-state index contributed by atoms with van der Waals surface area (Å²) in [6.07, 6.45) is 2.07. The van der Waals surface area contributed by atoms with Crippen molar-refractivity contribution in [1.29, 1.82) is 0 Å². The van der Waals surface area contributed by atoms with Gasteiger partial charge in [0.25, 0.3) is 5.56 Å². The fraction of sp³-hybridized carbons (Fsp3) is 0.296. The minimum atomic E-state index is -0.0278. The normalized spacial score (nSPS) is 15.4. The third-order valence-corrected chi connectivity index (χ3v) is 8.40. The van der Waals surface area contributed by atoms with Crippen LogP contribution in [0.3, 0.4) is 0 Å². The predicted octanol–water partition coefficient (Wildman–Crippen LogP) is 4.08. The van der Waals surface area contributed by atoms with E-state index in [2.05, 4.69) is 6.92 Å². The Labute approximate surface area is 207 Å². The number of fused-ring (bicyclic) bond motifs is 3. The van der Waals surface area contributed by atoms with Gasteiger partial charge in [0.1, 0.15) is 11.4 Å². The first kappa shape index (κ1) is 23.0. The van der Waals surface area contributed by atoms with E-state index in [0.29, 0.717) is 10.7 Å². The van der Waals surface area contributed by atoms with E-state index in [0.717, 1.165) is 53.9 Å². The molecule has 1 aliphatic rings. The third-order valence-electron chi connectivity index (χ3n) is 6.34. The van der Waals surface area contributed by atoms with Crippen LogP contribution in [-0.4, -0.2) is 34.2 Å². The number of nitrogens with zero attached hydrogens (tertiary/aromatic N) is 2. The number of benzene rings is 2. The molecule has 174 valence electrons. The second-order valence-electron chi connectivity index (χ2n) is 8.81. The molecule has 2 aromatic heterocycles. The van der Waals surface area contributed by atoms with Crippen molar-refractivity contribution in [3.63, 3.8) is 0 Å². The van der Waals surface area contributed by atoms with Crippen LogP contribution in [0.4, 0.5) is 0 Å². The molecule has 0 radical (unpaired) electrons. The van der Waals surface area contributed by atoms with E-state index in [1.807, 2.05) is 61.5 Å². The number of aryl methyl sites for hydroxylation is 1. The number of hydrogen-bond acceptors (Lipinski definition) is 5. The molecular formula is C27H28N3O2S2+. The van der Waals surface area contributed by atoms with Gasteiger partial charge in [0.15, 0.2) is 10.9 Å². The number of nitrogens with one attached hydrogen (secondary N) is 1. The lowest BCUT2D eigenvalue weighted by Crippen LogP contribution is -3.11. The molecule has 0 saturated heterocycles. The second-order valence-corrected chi connectivity index (χ2v) is 10.8. The SMILES string of the molecule is CCC[NH+]1CCc2c(sc3nc(SCC(=O)c4ccccc4)n(-c4ccc(C)cc4)c(=O)c23)C1. The standard InChI is InChI=1S/C27H27N3O2S2/c1-3-14-29-15-13-21-23(16-29)34-25-24(21)26(32)30(20-11-9-18(2)10-12-20)27(28-25)33-17-22(31)19-7-5-4-6-8-19/h4-12H,3,13-17H2,1-2H3/p+1. The van der Waals surface area contributed by atoms with Gasteiger partial charge in [-0.15, -0.1) is 11.3 Å². The Morgan fingerprint density at radius 3 is 2.65 bits per heavy atom. The highest BCUT2D eigenvalue weighted by Gasteiger charge is 2.27. The molecule has 1 unspecified atom stereocenters. The summed E-state index contributed by atoms with van der Waals surface area (Å²) in [6.45, 7) is 7.41. The first-order chi connectivity index (χ1) is 16.5. The molecule has 0 amide bonds. The van der Waals surface area contributed by atoms with E-state index in [9.17, 15) is 9.59 Å². The average Bonchev–Trinajstić information content (AvgIpc) is 3.22. The summed E-state index contributed by atoms with van der Waals surface area (Å²) in [5, 5.41) is 1.33. The summed E-state index contributed by atoms with van der Waals surface area (Å²) in [5.41, 5.74) is 3.74. The summed E-state index contributed by atoms with van der Waals surface area (Å²) in [7, 11) is 0. The van der Waals surface area contributed by atoms with Gasteiger partial charge in [0.2, 0.25) is 0 Å². The topological polar surface area (TPSA) is 56.4 Å². The highest BCUT2D eigenvalue weighted by atomic mass is 32.2. The van der Waals surface area contributed by atoms with E-state index in [1.54, 1.807) is 20.8 Å². The Morgan fingerprint density at radius 1 is 1.15 bits per heavy atom. The number of rotatable bonds is 7. The quantitative estimate of drug-likeness (QED) is 0.241. The van der Waals surface area contributed by atoms with E-state index in [4.69, 9.17) is 4.98 Å². The van der Waals surface area contributed by atoms with Crippen molar-refractivity contribution in [1.82, 2.24) is 9.55 Å². The molecule has 7 heteroatoms. The first-order valence-electron chi connectivity index (χ1n) is 11.7. The number of thiophene rings is 1. The number of carbonyl (C=O) groups is 1. The maximum absolute atomic E-state index is 13.9. The largest absolute Gasteiger partial charge is 0.330 e. The maximum Gasteiger partial charge on any atom is 0.267 e. The van der Waals surface area contributed by atoms with E-state index in [1.165, 1.54) is 22.2 Å². The fourth-order valence-corrected chi connectivity index (χ4v) is 6.82. The molecule has 0 aliphatic carbocycles. The van der Waals surface area contributed by atoms with Crippen molar-refractivity contribution >= 4 is 39.1 Å². The van der Waals surface area contributed by atoms with Crippen LogP contribution in [0.15, 0.2) is 64.5 Å². The average molecular weight is 491 g/mol. The number of hydrogen-bond donors (Lipinski definition) is 1.